The first-order valence-electron chi connectivity index (χ1n) is 4.48. The zero-order valence-electron chi connectivity index (χ0n) is 8.69. The van der Waals surface area contributed by atoms with Crippen LogP contribution in [0, 0.1) is 18.3 Å². The minimum absolute atomic E-state index is 0.0543. The van der Waals surface area contributed by atoms with Gasteiger partial charge in [-0.1, -0.05) is 0 Å². The van der Waals surface area contributed by atoms with Gasteiger partial charge in [0.15, 0.2) is 0 Å². The number of carbonyl (C=O) groups is 1. The van der Waals surface area contributed by atoms with E-state index in [1.807, 2.05) is 6.07 Å². The zero-order valence-corrected chi connectivity index (χ0v) is 8.69. The molecular weight excluding hydrogens is 192 g/mol. The molecular formula is C11H12N2O2. The number of nitrogens with zero attached hydrogens (tertiary/aromatic N) is 2. The van der Waals surface area contributed by atoms with Crippen LogP contribution in [0.2, 0.25) is 0 Å². The van der Waals surface area contributed by atoms with Crippen LogP contribution in [0.1, 0.15) is 15.9 Å². The van der Waals surface area contributed by atoms with E-state index >= 15 is 0 Å². The van der Waals surface area contributed by atoms with Crippen LogP contribution in [0.5, 0.6) is 5.75 Å². The van der Waals surface area contributed by atoms with Crippen molar-refractivity contribution in [1.29, 1.82) is 5.26 Å². The normalized spacial score (nSPS) is 9.40. The monoisotopic (exact) mass is 204 g/mol. The summed E-state index contributed by atoms with van der Waals surface area (Å²) in [6.45, 7) is 1.77. The van der Waals surface area contributed by atoms with Crippen molar-refractivity contribution in [3.63, 3.8) is 0 Å². The van der Waals surface area contributed by atoms with Crippen LogP contribution in [0.15, 0.2) is 18.2 Å². The lowest BCUT2D eigenvalue weighted by Gasteiger charge is -2.13. The Balaban J connectivity index is 2.93. The highest BCUT2D eigenvalue weighted by Crippen LogP contribution is 2.17. The fraction of sp³-hybridized carbons (Fsp3) is 0.273. The number of benzene rings is 1. The number of phenols is 1. The van der Waals surface area contributed by atoms with E-state index in [0.717, 1.165) is 0 Å². The Kier molecular flexibility index (Phi) is 3.29. The Morgan fingerprint density at radius 2 is 2.27 bits per heavy atom. The van der Waals surface area contributed by atoms with Gasteiger partial charge >= 0.3 is 0 Å². The average Bonchev–Trinajstić information content (AvgIpc) is 2.21. The summed E-state index contributed by atoms with van der Waals surface area (Å²) in [4.78, 5) is 13.0. The summed E-state index contributed by atoms with van der Waals surface area (Å²) in [5.41, 5.74) is 1.12. The van der Waals surface area contributed by atoms with Crippen LogP contribution in [0.3, 0.4) is 0 Å². The van der Waals surface area contributed by atoms with Gasteiger partial charge in [-0.25, -0.2) is 0 Å². The molecule has 1 amide bonds. The molecule has 0 spiro atoms. The molecule has 0 bridgehead atoms. The average molecular weight is 204 g/mol. The smallest absolute Gasteiger partial charge is 0.254 e. The van der Waals surface area contributed by atoms with Crippen LogP contribution in [-0.2, 0) is 0 Å². The van der Waals surface area contributed by atoms with Gasteiger partial charge < -0.3 is 10.0 Å². The highest BCUT2D eigenvalue weighted by molar-refractivity contribution is 5.94. The summed E-state index contributed by atoms with van der Waals surface area (Å²) in [5.74, 6) is -0.0610. The second-order valence-corrected chi connectivity index (χ2v) is 3.32. The van der Waals surface area contributed by atoms with Gasteiger partial charge in [0.1, 0.15) is 12.3 Å². The van der Waals surface area contributed by atoms with Crippen molar-refractivity contribution in [2.45, 2.75) is 6.92 Å². The maximum atomic E-state index is 11.7. The van der Waals surface area contributed by atoms with E-state index in [0.29, 0.717) is 11.1 Å². The second kappa shape index (κ2) is 4.47. The summed E-state index contributed by atoms with van der Waals surface area (Å²) in [7, 11) is 1.56. The molecule has 0 saturated carbocycles. The molecule has 0 unspecified atom stereocenters. The molecule has 0 atom stereocenters. The van der Waals surface area contributed by atoms with Gasteiger partial charge in [-0.3, -0.25) is 4.79 Å². The topological polar surface area (TPSA) is 64.3 Å². The molecule has 4 heteroatoms. The molecule has 1 rings (SSSR count). The number of aryl methyl sites for hydroxylation is 1. The Labute approximate surface area is 88.4 Å². The van der Waals surface area contributed by atoms with E-state index in [1.54, 1.807) is 26.1 Å². The van der Waals surface area contributed by atoms with E-state index < -0.39 is 0 Å². The molecule has 4 nitrogen and oxygen atoms in total. The Morgan fingerprint density at radius 3 is 2.80 bits per heavy atom. The summed E-state index contributed by atoms with van der Waals surface area (Å²) >= 11 is 0. The quantitative estimate of drug-likeness (QED) is 0.738. The van der Waals surface area contributed by atoms with Gasteiger partial charge in [0.05, 0.1) is 6.07 Å². The Hall–Kier alpha value is -2.02. The summed E-state index contributed by atoms with van der Waals surface area (Å²) in [5, 5.41) is 17.7. The number of phenolic OH excluding ortho intramolecular Hbond substituents is 1. The van der Waals surface area contributed by atoms with Crippen LogP contribution in [0.25, 0.3) is 0 Å². The molecule has 1 N–H and O–H groups in total. The molecule has 0 fully saturated rings. The Bertz CT molecular complexity index is 421. The van der Waals surface area contributed by atoms with Gasteiger partial charge in [-0.05, 0) is 30.7 Å². The number of hydrogen-bond donors (Lipinski definition) is 1. The second-order valence-electron chi connectivity index (χ2n) is 3.32. The molecule has 0 aromatic heterocycles. The molecule has 0 aliphatic rings. The molecule has 0 aliphatic heterocycles. The van der Waals surface area contributed by atoms with Crippen molar-refractivity contribution < 1.29 is 9.90 Å². The van der Waals surface area contributed by atoms with Crippen LogP contribution in [-0.4, -0.2) is 29.5 Å². The molecule has 1 aromatic carbocycles. The molecule has 15 heavy (non-hydrogen) atoms. The van der Waals surface area contributed by atoms with Crippen molar-refractivity contribution in [2.24, 2.45) is 0 Å². The lowest BCUT2D eigenvalue weighted by Crippen LogP contribution is -2.26. The summed E-state index contributed by atoms with van der Waals surface area (Å²) in [6, 6.07) is 6.52. The van der Waals surface area contributed by atoms with Gasteiger partial charge in [-0.15, -0.1) is 0 Å². The number of aromatic hydroxyl groups is 1. The third-order valence-corrected chi connectivity index (χ3v) is 2.10. The first kappa shape index (κ1) is 11.1. The van der Waals surface area contributed by atoms with Crippen molar-refractivity contribution in [3.8, 4) is 11.8 Å². The number of hydrogen-bond acceptors (Lipinski definition) is 3. The molecule has 0 aliphatic carbocycles. The Morgan fingerprint density at radius 1 is 1.60 bits per heavy atom. The minimum Gasteiger partial charge on any atom is -0.508 e. The summed E-state index contributed by atoms with van der Waals surface area (Å²) < 4.78 is 0. The first-order valence-corrected chi connectivity index (χ1v) is 4.48. The molecule has 78 valence electrons. The van der Waals surface area contributed by atoms with Crippen LogP contribution in [0.4, 0.5) is 0 Å². The predicted molar refractivity (Wildman–Crippen MR) is 55.4 cm³/mol. The molecule has 0 heterocycles. The van der Waals surface area contributed by atoms with Gasteiger partial charge in [-0.2, -0.15) is 5.26 Å². The molecule has 0 saturated heterocycles. The minimum atomic E-state index is -0.223. The van der Waals surface area contributed by atoms with E-state index in [-0.39, 0.29) is 18.2 Å². The maximum Gasteiger partial charge on any atom is 0.254 e. The molecule has 1 aromatic rings. The predicted octanol–water partition coefficient (Wildman–Crippen LogP) is 1.30. The van der Waals surface area contributed by atoms with Gasteiger partial charge in [0.25, 0.3) is 5.91 Å². The summed E-state index contributed by atoms with van der Waals surface area (Å²) in [6.07, 6.45) is 0. The zero-order chi connectivity index (χ0) is 11.4. The van der Waals surface area contributed by atoms with Gasteiger partial charge in [0.2, 0.25) is 0 Å². The lowest BCUT2D eigenvalue weighted by atomic mass is 10.1. The lowest BCUT2D eigenvalue weighted by molar-refractivity contribution is 0.0812. The largest absolute Gasteiger partial charge is 0.508 e. The number of amides is 1. The number of rotatable bonds is 2. The SMILES string of the molecule is Cc1cc(C(=O)N(C)CC#N)ccc1O. The van der Waals surface area contributed by atoms with Crippen LogP contribution >= 0.6 is 0 Å². The van der Waals surface area contributed by atoms with Crippen molar-refractivity contribution >= 4 is 5.91 Å². The van der Waals surface area contributed by atoms with Crippen molar-refractivity contribution in [1.82, 2.24) is 4.90 Å². The number of nitriles is 1. The fourth-order valence-electron chi connectivity index (χ4n) is 1.19. The third-order valence-electron chi connectivity index (χ3n) is 2.10. The molecule has 0 radical (unpaired) electrons. The fourth-order valence-corrected chi connectivity index (χ4v) is 1.19. The van der Waals surface area contributed by atoms with E-state index in [1.165, 1.54) is 11.0 Å². The number of carbonyl (C=O) groups excluding carboxylic acids is 1. The standard InChI is InChI=1S/C11H12N2O2/c1-8-7-9(3-4-10(8)14)11(15)13(2)6-5-12/h3-4,7,14H,6H2,1-2H3. The highest BCUT2D eigenvalue weighted by Gasteiger charge is 2.11. The highest BCUT2D eigenvalue weighted by atomic mass is 16.3. The van der Waals surface area contributed by atoms with E-state index in [4.69, 9.17) is 5.26 Å². The first-order chi connectivity index (χ1) is 7.06. The van der Waals surface area contributed by atoms with Crippen molar-refractivity contribution in [2.75, 3.05) is 13.6 Å². The van der Waals surface area contributed by atoms with Crippen LogP contribution < -0.4 is 0 Å². The maximum absolute atomic E-state index is 11.7. The van der Waals surface area contributed by atoms with E-state index in [9.17, 15) is 9.90 Å². The third kappa shape index (κ3) is 2.47. The van der Waals surface area contributed by atoms with E-state index in [2.05, 4.69) is 0 Å². The van der Waals surface area contributed by atoms with Gasteiger partial charge in [0, 0.05) is 12.6 Å². The van der Waals surface area contributed by atoms with Crippen molar-refractivity contribution in [3.05, 3.63) is 29.3 Å².